The number of nitrogens with zero attached hydrogens (tertiary/aromatic N) is 3. The third kappa shape index (κ3) is 3.94. The van der Waals surface area contributed by atoms with Gasteiger partial charge < -0.3 is 21.5 Å². The van der Waals surface area contributed by atoms with Gasteiger partial charge in [0, 0.05) is 29.3 Å². The van der Waals surface area contributed by atoms with Gasteiger partial charge in [-0.25, -0.2) is 9.97 Å². The topological polar surface area (TPSA) is 129 Å². The third-order valence-electron chi connectivity index (χ3n) is 6.41. The van der Waals surface area contributed by atoms with E-state index >= 15 is 0 Å². The molecule has 1 saturated carbocycles. The second kappa shape index (κ2) is 8.64. The highest BCUT2D eigenvalue weighted by atomic mass is 16.5. The first kappa shape index (κ1) is 20.5. The number of nitrogens with one attached hydrogen (secondary N) is 1. The molecule has 4 atom stereocenters. The van der Waals surface area contributed by atoms with E-state index in [1.807, 2.05) is 36.4 Å². The van der Waals surface area contributed by atoms with Crippen LogP contribution in [-0.2, 0) is 4.74 Å². The molecule has 0 bridgehead atoms. The number of pyridine rings is 1. The van der Waals surface area contributed by atoms with Crippen LogP contribution in [-0.4, -0.2) is 33.0 Å². The summed E-state index contributed by atoms with van der Waals surface area (Å²) in [6.07, 6.45) is 8.86. The quantitative estimate of drug-likeness (QED) is 0.579. The molecule has 4 unspecified atom stereocenters. The molecule has 3 aromatic rings. The maximum absolute atomic E-state index is 13.1. The predicted octanol–water partition coefficient (Wildman–Crippen LogP) is 3.33. The van der Waals surface area contributed by atoms with Crippen molar-refractivity contribution in [3.8, 4) is 11.3 Å². The van der Waals surface area contributed by atoms with E-state index < -0.39 is 5.91 Å². The van der Waals surface area contributed by atoms with Gasteiger partial charge in [0.15, 0.2) is 11.5 Å². The zero-order valence-electron chi connectivity index (χ0n) is 17.6. The Balaban J connectivity index is 1.40. The lowest BCUT2D eigenvalue weighted by Gasteiger charge is -2.37. The molecule has 2 fully saturated rings. The summed E-state index contributed by atoms with van der Waals surface area (Å²) in [5.74, 6) is 0.0418. The molecule has 5 N–H and O–H groups in total. The van der Waals surface area contributed by atoms with Gasteiger partial charge in [-0.05, 0) is 25.3 Å². The van der Waals surface area contributed by atoms with Gasteiger partial charge in [0.1, 0.15) is 0 Å². The van der Waals surface area contributed by atoms with Gasteiger partial charge in [-0.3, -0.25) is 9.78 Å². The first-order valence-electron chi connectivity index (χ1n) is 10.9. The van der Waals surface area contributed by atoms with E-state index in [0.29, 0.717) is 23.7 Å². The molecule has 0 radical (unpaired) electrons. The van der Waals surface area contributed by atoms with E-state index in [0.717, 1.165) is 30.4 Å². The van der Waals surface area contributed by atoms with E-state index in [-0.39, 0.29) is 29.8 Å². The number of rotatable bonds is 4. The molecule has 2 aromatic heterocycles. The van der Waals surface area contributed by atoms with Crippen molar-refractivity contribution in [2.24, 2.45) is 11.7 Å². The SMILES string of the molecule is Nc1ncc(-c2ccccc2)nc1C(=O)Nc1cnccc1C1CC(N)C2CCCC2O1. The maximum atomic E-state index is 13.1. The number of benzene rings is 1. The van der Waals surface area contributed by atoms with Crippen LogP contribution in [0.5, 0.6) is 0 Å². The predicted molar refractivity (Wildman–Crippen MR) is 122 cm³/mol. The van der Waals surface area contributed by atoms with E-state index in [4.69, 9.17) is 16.2 Å². The fourth-order valence-corrected chi connectivity index (χ4v) is 4.79. The van der Waals surface area contributed by atoms with Crippen molar-refractivity contribution in [2.45, 2.75) is 43.9 Å². The van der Waals surface area contributed by atoms with Crippen LogP contribution in [0.4, 0.5) is 11.5 Å². The number of anilines is 2. The first-order chi connectivity index (χ1) is 15.6. The highest BCUT2D eigenvalue weighted by Gasteiger charge is 2.40. The van der Waals surface area contributed by atoms with Crippen LogP contribution in [0.15, 0.2) is 55.0 Å². The van der Waals surface area contributed by atoms with Gasteiger partial charge in [0.05, 0.1) is 36.0 Å². The third-order valence-corrected chi connectivity index (χ3v) is 6.41. The fraction of sp³-hybridized carbons (Fsp3) is 0.333. The number of carbonyl (C=O) groups is 1. The molecule has 32 heavy (non-hydrogen) atoms. The Labute approximate surface area is 186 Å². The van der Waals surface area contributed by atoms with Crippen molar-refractivity contribution >= 4 is 17.4 Å². The average molecular weight is 431 g/mol. The molecule has 5 rings (SSSR count). The minimum absolute atomic E-state index is 0.0670. The van der Waals surface area contributed by atoms with Gasteiger partial charge >= 0.3 is 0 Å². The van der Waals surface area contributed by atoms with E-state index in [1.165, 1.54) is 0 Å². The Morgan fingerprint density at radius 1 is 1.12 bits per heavy atom. The summed E-state index contributed by atoms with van der Waals surface area (Å²) in [7, 11) is 0. The molecule has 1 aliphatic heterocycles. The highest BCUT2D eigenvalue weighted by molar-refractivity contribution is 6.06. The monoisotopic (exact) mass is 430 g/mol. The van der Waals surface area contributed by atoms with Crippen LogP contribution in [0.2, 0.25) is 0 Å². The molecule has 1 amide bonds. The van der Waals surface area contributed by atoms with Crippen LogP contribution < -0.4 is 16.8 Å². The number of ether oxygens (including phenoxy) is 1. The van der Waals surface area contributed by atoms with Gasteiger partial charge in [-0.1, -0.05) is 36.8 Å². The number of hydrogen-bond acceptors (Lipinski definition) is 7. The molecule has 1 aromatic carbocycles. The second-order valence-corrected chi connectivity index (χ2v) is 8.43. The van der Waals surface area contributed by atoms with Gasteiger partial charge in [-0.2, -0.15) is 0 Å². The van der Waals surface area contributed by atoms with Crippen molar-refractivity contribution in [2.75, 3.05) is 11.1 Å². The summed E-state index contributed by atoms with van der Waals surface area (Å²) in [5.41, 5.74) is 15.4. The standard InChI is InChI=1S/C24H26N6O2/c25-17-11-21(32-20-8-4-7-15(17)20)16-9-10-27-12-19(16)30-24(31)22-23(26)28-13-18(29-22)14-5-2-1-3-6-14/h1-3,5-6,9-10,12-13,15,17,20-21H,4,7-8,11,25H2,(H2,26,28)(H,30,31). The van der Waals surface area contributed by atoms with Crippen molar-refractivity contribution in [3.05, 3.63) is 66.2 Å². The maximum Gasteiger partial charge on any atom is 0.278 e. The molecule has 164 valence electrons. The molecule has 3 heterocycles. The number of nitrogen functional groups attached to an aromatic ring is 1. The molecule has 1 aliphatic carbocycles. The van der Waals surface area contributed by atoms with Gasteiger partial charge in [0.2, 0.25) is 0 Å². The van der Waals surface area contributed by atoms with Crippen molar-refractivity contribution < 1.29 is 9.53 Å². The normalized spacial score (nSPS) is 24.7. The van der Waals surface area contributed by atoms with Crippen LogP contribution in [0, 0.1) is 5.92 Å². The van der Waals surface area contributed by atoms with Crippen molar-refractivity contribution in [1.82, 2.24) is 15.0 Å². The molecular formula is C24H26N6O2. The highest BCUT2D eigenvalue weighted by Crippen LogP contribution is 2.43. The Bertz CT molecular complexity index is 1120. The Morgan fingerprint density at radius 2 is 1.97 bits per heavy atom. The Hall–Kier alpha value is -3.36. The molecule has 2 aliphatic rings. The Kier molecular flexibility index (Phi) is 5.55. The average Bonchev–Trinajstić information content (AvgIpc) is 3.30. The second-order valence-electron chi connectivity index (χ2n) is 8.43. The zero-order chi connectivity index (χ0) is 22.1. The molecular weight excluding hydrogens is 404 g/mol. The zero-order valence-corrected chi connectivity index (χ0v) is 17.6. The van der Waals surface area contributed by atoms with Gasteiger partial charge in [0.25, 0.3) is 5.91 Å². The summed E-state index contributed by atoms with van der Waals surface area (Å²) in [5, 5.41) is 2.91. The smallest absolute Gasteiger partial charge is 0.278 e. The summed E-state index contributed by atoms with van der Waals surface area (Å²) in [6, 6.07) is 11.5. The van der Waals surface area contributed by atoms with Gasteiger partial charge in [-0.15, -0.1) is 0 Å². The van der Waals surface area contributed by atoms with Crippen LogP contribution in [0.25, 0.3) is 11.3 Å². The largest absolute Gasteiger partial charge is 0.382 e. The number of aromatic nitrogens is 3. The molecule has 1 saturated heterocycles. The minimum Gasteiger partial charge on any atom is -0.382 e. The summed E-state index contributed by atoms with van der Waals surface area (Å²) >= 11 is 0. The molecule has 8 nitrogen and oxygen atoms in total. The fourth-order valence-electron chi connectivity index (χ4n) is 4.79. The number of amides is 1. The minimum atomic E-state index is -0.444. The van der Waals surface area contributed by atoms with E-state index in [2.05, 4.69) is 20.3 Å². The lowest BCUT2D eigenvalue weighted by Crippen LogP contribution is -2.43. The summed E-state index contributed by atoms with van der Waals surface area (Å²) in [6.45, 7) is 0. The summed E-state index contributed by atoms with van der Waals surface area (Å²) in [4.78, 5) is 25.9. The number of hydrogen-bond donors (Lipinski definition) is 3. The molecule has 8 heteroatoms. The van der Waals surface area contributed by atoms with Crippen molar-refractivity contribution in [1.29, 1.82) is 0 Å². The van der Waals surface area contributed by atoms with Crippen LogP contribution in [0.3, 0.4) is 0 Å². The van der Waals surface area contributed by atoms with E-state index in [9.17, 15) is 4.79 Å². The number of nitrogens with two attached hydrogens (primary N) is 2. The Morgan fingerprint density at radius 3 is 2.81 bits per heavy atom. The number of carbonyl (C=O) groups excluding carboxylic acids is 1. The van der Waals surface area contributed by atoms with Crippen LogP contribution in [0.1, 0.15) is 47.8 Å². The first-order valence-corrected chi connectivity index (χ1v) is 10.9. The summed E-state index contributed by atoms with van der Waals surface area (Å²) < 4.78 is 6.38. The van der Waals surface area contributed by atoms with E-state index in [1.54, 1.807) is 18.6 Å². The van der Waals surface area contributed by atoms with Crippen molar-refractivity contribution in [3.63, 3.8) is 0 Å². The van der Waals surface area contributed by atoms with Crippen LogP contribution >= 0.6 is 0 Å². The molecule has 0 spiro atoms. The lowest BCUT2D eigenvalue weighted by molar-refractivity contribution is -0.0800. The lowest BCUT2D eigenvalue weighted by atomic mass is 9.87. The number of fused-ring (bicyclic) bond motifs is 1.